The van der Waals surface area contributed by atoms with Gasteiger partial charge < -0.3 is 40.2 Å². The van der Waals surface area contributed by atoms with Gasteiger partial charge in [0, 0.05) is 31.1 Å². The van der Waals surface area contributed by atoms with Gasteiger partial charge in [-0.15, -0.1) is 16.4 Å². The Morgan fingerprint density at radius 1 is 0.953 bits per heavy atom. The number of thiazole rings is 1. The zero-order valence-electron chi connectivity index (χ0n) is 37.9. The number of nitrogens with zero attached hydrogens (tertiary/aromatic N) is 5. The predicted octanol–water partition coefficient (Wildman–Crippen LogP) is 6.66. The van der Waals surface area contributed by atoms with Gasteiger partial charge in [-0.1, -0.05) is 70.5 Å². The number of aliphatic hydroxyl groups excluding tert-OH is 1. The lowest BCUT2D eigenvalue weighted by Gasteiger charge is -2.35. The first kappa shape index (κ1) is 47.2. The van der Waals surface area contributed by atoms with Crippen molar-refractivity contribution in [1.29, 1.82) is 0 Å². The van der Waals surface area contributed by atoms with Crippen molar-refractivity contribution in [2.45, 2.75) is 105 Å². The number of carbonyl (C=O) groups excluding carboxylic acids is 4. The van der Waals surface area contributed by atoms with Gasteiger partial charge in [-0.05, 0) is 73.6 Å². The lowest BCUT2D eigenvalue weighted by atomic mass is 9.85. The molecule has 1 aliphatic heterocycles. The van der Waals surface area contributed by atoms with Crippen molar-refractivity contribution in [3.63, 3.8) is 0 Å². The summed E-state index contributed by atoms with van der Waals surface area (Å²) in [6, 6.07) is 15.7. The van der Waals surface area contributed by atoms with E-state index in [0.29, 0.717) is 35.1 Å². The van der Waals surface area contributed by atoms with Crippen molar-refractivity contribution in [1.82, 2.24) is 35.5 Å². The third-order valence-electron chi connectivity index (χ3n) is 11.3. The quantitative estimate of drug-likeness (QED) is 0.0779. The number of β-amino-alcohol motifs (C(OH)–C–C–N with tert-alkyl or cyclic N) is 1. The van der Waals surface area contributed by atoms with E-state index in [1.165, 1.54) is 22.8 Å². The molecule has 1 saturated heterocycles. The SMILES string of the molecule is CCC[C@H](CC)Oc1ccc(C(=O)N[C@H](C(=O)N2C[C@H](O)C[C@H]2C(=O)NCc2ccc(-c3scnc3C)cc2)C(C)(C)C)cc1NC(=O)c1nnn(-c2cc(OC)ccc2OC)c1C. The van der Waals surface area contributed by atoms with Gasteiger partial charge >= 0.3 is 0 Å². The van der Waals surface area contributed by atoms with E-state index >= 15 is 0 Å². The molecule has 17 heteroatoms. The minimum absolute atomic E-state index is 0.0240. The first-order valence-electron chi connectivity index (χ1n) is 21.4. The second kappa shape index (κ2) is 20.5. The van der Waals surface area contributed by atoms with Crippen LogP contribution in [-0.4, -0.2) is 98.7 Å². The van der Waals surface area contributed by atoms with Gasteiger partial charge in [-0.2, -0.15) is 0 Å². The van der Waals surface area contributed by atoms with Crippen molar-refractivity contribution in [3.8, 4) is 33.4 Å². The van der Waals surface area contributed by atoms with Crippen LogP contribution >= 0.6 is 11.3 Å². The molecule has 4 N–H and O–H groups in total. The molecule has 0 radical (unpaired) electrons. The number of hydrogen-bond donors (Lipinski definition) is 4. The topological polar surface area (TPSA) is 199 Å². The van der Waals surface area contributed by atoms with Crippen LogP contribution in [0.5, 0.6) is 17.2 Å². The Labute approximate surface area is 377 Å². The Hall–Kier alpha value is -6.33. The molecule has 0 aliphatic carbocycles. The molecule has 4 amide bonds. The van der Waals surface area contributed by atoms with Crippen LogP contribution in [0.4, 0.5) is 5.69 Å². The third-order valence-corrected chi connectivity index (χ3v) is 12.2. The zero-order chi connectivity index (χ0) is 46.3. The summed E-state index contributed by atoms with van der Waals surface area (Å²) in [7, 11) is 3.07. The average molecular weight is 895 g/mol. The Morgan fingerprint density at radius 3 is 2.33 bits per heavy atom. The summed E-state index contributed by atoms with van der Waals surface area (Å²) in [5.41, 5.74) is 5.15. The van der Waals surface area contributed by atoms with Gasteiger partial charge in [0.15, 0.2) is 5.69 Å². The molecule has 2 aromatic heterocycles. The predicted molar refractivity (Wildman–Crippen MR) is 244 cm³/mol. The molecular weight excluding hydrogens is 837 g/mol. The number of aryl methyl sites for hydroxylation is 1. The van der Waals surface area contributed by atoms with E-state index in [9.17, 15) is 24.3 Å². The molecule has 1 fully saturated rings. The molecule has 340 valence electrons. The van der Waals surface area contributed by atoms with Crippen LogP contribution in [-0.2, 0) is 16.1 Å². The highest BCUT2D eigenvalue weighted by atomic mass is 32.1. The number of carbonyl (C=O) groups is 4. The van der Waals surface area contributed by atoms with E-state index in [0.717, 1.165) is 34.5 Å². The molecule has 6 rings (SSSR count). The monoisotopic (exact) mass is 894 g/mol. The van der Waals surface area contributed by atoms with Crippen LogP contribution in [0.15, 0.2) is 66.2 Å². The number of benzene rings is 3. The van der Waals surface area contributed by atoms with Crippen LogP contribution < -0.4 is 30.2 Å². The highest BCUT2D eigenvalue weighted by Gasteiger charge is 2.44. The zero-order valence-corrected chi connectivity index (χ0v) is 38.7. The van der Waals surface area contributed by atoms with Crippen LogP contribution in [0.1, 0.15) is 98.1 Å². The van der Waals surface area contributed by atoms with Crippen LogP contribution in [0.3, 0.4) is 0 Å². The Balaban J connectivity index is 1.21. The van der Waals surface area contributed by atoms with Crippen LogP contribution in [0.25, 0.3) is 16.1 Å². The molecule has 0 spiro atoms. The van der Waals surface area contributed by atoms with Crippen molar-refractivity contribution >= 4 is 40.7 Å². The van der Waals surface area contributed by atoms with Gasteiger partial charge in [-0.25, -0.2) is 9.67 Å². The second-order valence-electron chi connectivity index (χ2n) is 16.9. The molecular formula is C47H58N8O8S. The van der Waals surface area contributed by atoms with E-state index in [4.69, 9.17) is 14.2 Å². The molecule has 0 unspecified atom stereocenters. The fourth-order valence-electron chi connectivity index (χ4n) is 7.63. The lowest BCUT2D eigenvalue weighted by Crippen LogP contribution is -2.57. The van der Waals surface area contributed by atoms with Gasteiger partial charge in [0.25, 0.3) is 11.8 Å². The Bertz CT molecular complexity index is 2460. The van der Waals surface area contributed by atoms with E-state index < -0.39 is 47.2 Å². The number of likely N-dealkylation sites (tertiary alicyclic amines) is 1. The van der Waals surface area contributed by atoms with Gasteiger partial charge in [0.1, 0.15) is 35.0 Å². The molecule has 3 heterocycles. The normalized spacial score (nSPS) is 15.9. The van der Waals surface area contributed by atoms with E-state index in [1.807, 2.05) is 58.9 Å². The maximum Gasteiger partial charge on any atom is 0.278 e. The Morgan fingerprint density at radius 2 is 1.69 bits per heavy atom. The molecule has 4 atom stereocenters. The molecule has 1 aliphatic rings. The standard InChI is InChI=1S/C47H58N8O8S/c1-10-12-33(11-2)63-38-19-17-31(21-35(38)50-45(59)40-28(4)55(53-52-40)36-23-34(61-8)18-20-39(36)62-9)43(57)51-42(47(5,6)7)46(60)54-25-32(56)22-37(54)44(58)48-24-29-13-15-30(16-14-29)41-27(3)49-26-64-41/h13-21,23,26,32-33,37,42,56H,10-12,22,24-25H2,1-9H3,(H,48,58)(H,50,59)(H,51,57)/t32-,33+,37+,42-/m1/s1. The molecule has 5 aromatic rings. The minimum Gasteiger partial charge on any atom is -0.497 e. The number of ether oxygens (including phenoxy) is 3. The largest absolute Gasteiger partial charge is 0.497 e. The first-order chi connectivity index (χ1) is 30.6. The van der Waals surface area contributed by atoms with Crippen molar-refractivity contribution in [3.05, 3.63) is 94.4 Å². The van der Waals surface area contributed by atoms with Crippen LogP contribution in [0, 0.1) is 19.3 Å². The summed E-state index contributed by atoms with van der Waals surface area (Å²) in [5, 5.41) is 27.9. The summed E-state index contributed by atoms with van der Waals surface area (Å²) >= 11 is 1.56. The molecule has 0 bridgehead atoms. The summed E-state index contributed by atoms with van der Waals surface area (Å²) in [6.45, 7) is 13.3. The number of hydrogen-bond acceptors (Lipinski definition) is 12. The number of aliphatic hydroxyl groups is 1. The summed E-state index contributed by atoms with van der Waals surface area (Å²) in [4.78, 5) is 63.0. The van der Waals surface area contributed by atoms with Gasteiger partial charge in [0.2, 0.25) is 11.8 Å². The maximum atomic E-state index is 14.4. The van der Waals surface area contributed by atoms with Crippen molar-refractivity contribution < 1.29 is 38.5 Å². The van der Waals surface area contributed by atoms with Crippen molar-refractivity contribution in [2.24, 2.45) is 5.41 Å². The van der Waals surface area contributed by atoms with Crippen LogP contribution in [0.2, 0.25) is 0 Å². The number of amides is 4. The first-order valence-corrected chi connectivity index (χ1v) is 22.3. The maximum absolute atomic E-state index is 14.4. The number of methoxy groups -OCH3 is 2. The fourth-order valence-corrected chi connectivity index (χ4v) is 8.44. The smallest absolute Gasteiger partial charge is 0.278 e. The number of rotatable bonds is 17. The molecule has 64 heavy (non-hydrogen) atoms. The molecule has 16 nitrogen and oxygen atoms in total. The number of nitrogens with one attached hydrogen (secondary N) is 3. The van der Waals surface area contributed by atoms with Gasteiger partial charge in [-0.3, -0.25) is 19.2 Å². The van der Waals surface area contributed by atoms with Crippen molar-refractivity contribution in [2.75, 3.05) is 26.1 Å². The number of aromatic nitrogens is 4. The van der Waals surface area contributed by atoms with Gasteiger partial charge in [0.05, 0.1) is 53.9 Å². The highest BCUT2D eigenvalue weighted by Crippen LogP contribution is 2.33. The summed E-state index contributed by atoms with van der Waals surface area (Å²) in [5.74, 6) is -0.718. The number of anilines is 1. The van der Waals surface area contributed by atoms with E-state index in [2.05, 4.69) is 38.2 Å². The average Bonchev–Trinajstić information content (AvgIpc) is 4.01. The van der Waals surface area contributed by atoms with E-state index in [-0.39, 0.29) is 42.6 Å². The third kappa shape index (κ3) is 10.7. The highest BCUT2D eigenvalue weighted by molar-refractivity contribution is 7.13. The summed E-state index contributed by atoms with van der Waals surface area (Å²) < 4.78 is 18.8. The minimum atomic E-state index is -1.10. The molecule has 0 saturated carbocycles. The summed E-state index contributed by atoms with van der Waals surface area (Å²) in [6.07, 6.45) is 1.30. The van der Waals surface area contributed by atoms with E-state index in [1.54, 1.807) is 61.2 Å². The lowest BCUT2D eigenvalue weighted by molar-refractivity contribution is -0.142. The fraction of sp³-hybridized carbons (Fsp3) is 0.426. The molecule has 3 aromatic carbocycles. The Kier molecular flexibility index (Phi) is 15.1. The second-order valence-corrected chi connectivity index (χ2v) is 17.8.